The summed E-state index contributed by atoms with van der Waals surface area (Å²) in [5.41, 5.74) is 0. The number of rotatable bonds is 42. The lowest BCUT2D eigenvalue weighted by Crippen LogP contribution is -2.61. The average molecular weight is 961 g/mol. The van der Waals surface area contributed by atoms with Gasteiger partial charge in [0.25, 0.3) is 0 Å². The van der Waals surface area contributed by atoms with Crippen LogP contribution in [0.4, 0.5) is 0 Å². The summed E-state index contributed by atoms with van der Waals surface area (Å²) >= 11 is 0. The molecule has 11 atom stereocenters. The molecule has 2 saturated heterocycles. The molecule has 15 heteroatoms. The Labute approximate surface area is 403 Å². The van der Waals surface area contributed by atoms with Crippen molar-refractivity contribution in [3.63, 3.8) is 0 Å². The average Bonchev–Trinajstić information content (AvgIpc) is 3.32. The van der Waals surface area contributed by atoms with E-state index in [-0.39, 0.29) is 26.1 Å². The summed E-state index contributed by atoms with van der Waals surface area (Å²) < 4.78 is 33.6. The second kappa shape index (κ2) is 39.9. The molecule has 394 valence electrons. The smallest absolute Gasteiger partial charge is 0.306 e. The molecule has 0 aromatic heterocycles. The molecule has 2 aliphatic rings. The molecule has 4 unspecified atom stereocenters. The molecule has 0 aromatic carbocycles. The third kappa shape index (κ3) is 28.0. The summed E-state index contributed by atoms with van der Waals surface area (Å²) in [6.07, 6.45) is 22.5. The predicted octanol–water partition coefficient (Wildman–Crippen LogP) is 7.77. The van der Waals surface area contributed by atoms with Crippen LogP contribution in [0.5, 0.6) is 0 Å². The van der Waals surface area contributed by atoms with Crippen LogP contribution in [0.15, 0.2) is 12.2 Å². The highest BCUT2D eigenvalue weighted by Gasteiger charge is 2.47. The Kier molecular flexibility index (Phi) is 36.5. The zero-order chi connectivity index (χ0) is 48.9. The van der Waals surface area contributed by atoms with Crippen LogP contribution in [0, 0.1) is 0 Å². The van der Waals surface area contributed by atoms with Crippen LogP contribution in [0.3, 0.4) is 0 Å². The summed E-state index contributed by atoms with van der Waals surface area (Å²) in [5.74, 6) is -0.970. The Balaban J connectivity index is 1.80. The van der Waals surface area contributed by atoms with Crippen molar-refractivity contribution in [2.45, 2.75) is 280 Å². The second-order valence-corrected chi connectivity index (χ2v) is 19.1. The molecule has 0 aliphatic carbocycles. The van der Waals surface area contributed by atoms with Crippen LogP contribution in [0.2, 0.25) is 0 Å². The standard InChI is InChI=1S/C52H96O15/c1-3-5-7-9-11-13-15-17-19-21-23-25-27-29-31-33-35-44(55)65-40(37-62-43(54)34-32-30-28-26-24-22-20-18-16-14-12-10-8-6-4-2)38-63-51-50(61)48(59)46(57)42(67-51)39-64-52-49(60)47(58)45(56)41(36-53)66-52/h28,30,40-42,45-53,56-61H,3-27,29,31-39H2,1-2H3/b30-28+/t40-,41-,42-,45+,46+,47?,48?,49?,50?,51-,52-/m1/s1. The van der Waals surface area contributed by atoms with E-state index < -0.39 is 92.7 Å². The third-order valence-electron chi connectivity index (χ3n) is 13.0. The first kappa shape index (κ1) is 61.4. The number of aliphatic hydroxyl groups is 7. The van der Waals surface area contributed by atoms with Crippen LogP contribution in [-0.4, -0.2) is 142 Å². The molecule has 2 rings (SSSR count). The van der Waals surface area contributed by atoms with Crippen molar-refractivity contribution in [2.75, 3.05) is 26.4 Å². The van der Waals surface area contributed by atoms with Gasteiger partial charge < -0.3 is 64.2 Å². The minimum atomic E-state index is -1.76. The van der Waals surface area contributed by atoms with E-state index in [1.54, 1.807) is 0 Å². The molecule has 0 aromatic rings. The van der Waals surface area contributed by atoms with E-state index in [0.717, 1.165) is 32.1 Å². The van der Waals surface area contributed by atoms with Crippen molar-refractivity contribution in [1.82, 2.24) is 0 Å². The van der Waals surface area contributed by atoms with Crippen molar-refractivity contribution in [1.29, 1.82) is 0 Å². The Hall–Kier alpha value is -1.76. The van der Waals surface area contributed by atoms with Gasteiger partial charge in [-0.2, -0.15) is 0 Å². The van der Waals surface area contributed by atoms with E-state index >= 15 is 0 Å². The summed E-state index contributed by atoms with van der Waals surface area (Å²) in [4.78, 5) is 25.7. The number of carbonyl (C=O) groups is 2. The van der Waals surface area contributed by atoms with Gasteiger partial charge in [0.2, 0.25) is 0 Å². The van der Waals surface area contributed by atoms with E-state index in [0.29, 0.717) is 12.8 Å². The number of ether oxygens (including phenoxy) is 6. The SMILES string of the molecule is CCCCCCCCCCCCC/C=C/CCC(=O)OC[C@H](CO[C@@H]1O[C@H](CO[C@@H]2O[C@H](CO)[C@H](O)C(O)C2O)[C@H](O)C(O)C1O)OC(=O)CCCCCCCCCCCCCCCCCC. The second-order valence-electron chi connectivity index (χ2n) is 19.1. The lowest BCUT2D eigenvalue weighted by Gasteiger charge is -2.42. The highest BCUT2D eigenvalue weighted by Crippen LogP contribution is 2.27. The third-order valence-corrected chi connectivity index (χ3v) is 13.0. The van der Waals surface area contributed by atoms with Gasteiger partial charge >= 0.3 is 11.9 Å². The maximum absolute atomic E-state index is 13.0. The summed E-state index contributed by atoms with van der Waals surface area (Å²) in [5, 5.41) is 72.1. The number of hydrogen-bond acceptors (Lipinski definition) is 15. The molecule has 0 spiro atoms. The monoisotopic (exact) mass is 961 g/mol. The van der Waals surface area contributed by atoms with Crippen LogP contribution in [0.1, 0.15) is 213 Å². The lowest BCUT2D eigenvalue weighted by molar-refractivity contribution is -0.332. The Morgan fingerprint density at radius 3 is 1.37 bits per heavy atom. The molecule has 0 radical (unpaired) electrons. The van der Waals surface area contributed by atoms with Gasteiger partial charge in [0, 0.05) is 12.8 Å². The molecular weight excluding hydrogens is 865 g/mol. The first-order valence-corrected chi connectivity index (χ1v) is 26.8. The quantitative estimate of drug-likeness (QED) is 0.0176. The molecule has 7 N–H and O–H groups in total. The fourth-order valence-corrected chi connectivity index (χ4v) is 8.59. The number of hydrogen-bond donors (Lipinski definition) is 7. The van der Waals surface area contributed by atoms with Crippen molar-refractivity contribution in [2.24, 2.45) is 0 Å². The first-order valence-electron chi connectivity index (χ1n) is 26.8. The van der Waals surface area contributed by atoms with Gasteiger partial charge in [-0.1, -0.05) is 187 Å². The van der Waals surface area contributed by atoms with Crippen LogP contribution >= 0.6 is 0 Å². The maximum atomic E-state index is 13.0. The predicted molar refractivity (Wildman–Crippen MR) is 257 cm³/mol. The number of allylic oxidation sites excluding steroid dienone is 2. The highest BCUT2D eigenvalue weighted by molar-refractivity contribution is 5.70. The molecule has 67 heavy (non-hydrogen) atoms. The maximum Gasteiger partial charge on any atom is 0.306 e. The zero-order valence-electron chi connectivity index (χ0n) is 41.7. The number of aliphatic hydroxyl groups excluding tert-OH is 7. The molecule has 0 saturated carbocycles. The van der Waals surface area contributed by atoms with Crippen molar-refractivity contribution >= 4 is 11.9 Å². The van der Waals surface area contributed by atoms with Gasteiger partial charge in [0.1, 0.15) is 55.4 Å². The van der Waals surface area contributed by atoms with Crippen molar-refractivity contribution in [3.8, 4) is 0 Å². The first-order chi connectivity index (χ1) is 32.5. The van der Waals surface area contributed by atoms with E-state index in [9.17, 15) is 45.3 Å². The van der Waals surface area contributed by atoms with E-state index in [2.05, 4.69) is 19.9 Å². The normalized spacial score (nSPS) is 26.0. The summed E-state index contributed by atoms with van der Waals surface area (Å²) in [7, 11) is 0. The Bertz CT molecular complexity index is 1220. The van der Waals surface area contributed by atoms with Crippen LogP contribution < -0.4 is 0 Å². The molecule has 2 aliphatic heterocycles. The molecular formula is C52H96O15. The molecule has 2 heterocycles. The van der Waals surface area contributed by atoms with Gasteiger partial charge in [-0.25, -0.2) is 0 Å². The van der Waals surface area contributed by atoms with Crippen molar-refractivity contribution < 1.29 is 73.8 Å². The molecule has 0 bridgehead atoms. The topological polar surface area (TPSA) is 231 Å². The largest absolute Gasteiger partial charge is 0.462 e. The van der Waals surface area contributed by atoms with Gasteiger partial charge in [-0.05, 0) is 25.7 Å². The van der Waals surface area contributed by atoms with Gasteiger partial charge in [0.15, 0.2) is 18.7 Å². The molecule has 2 fully saturated rings. The summed E-state index contributed by atoms with van der Waals surface area (Å²) in [6.45, 7) is 2.58. The Morgan fingerprint density at radius 1 is 0.463 bits per heavy atom. The van der Waals surface area contributed by atoms with Gasteiger partial charge in [-0.15, -0.1) is 0 Å². The molecule has 15 nitrogen and oxygen atoms in total. The van der Waals surface area contributed by atoms with Gasteiger partial charge in [-0.3, -0.25) is 9.59 Å². The van der Waals surface area contributed by atoms with E-state index in [4.69, 9.17) is 28.4 Å². The number of esters is 2. The fourth-order valence-electron chi connectivity index (χ4n) is 8.59. The van der Waals surface area contributed by atoms with E-state index in [1.807, 2.05) is 6.08 Å². The fraction of sp³-hybridized carbons (Fsp3) is 0.923. The minimum absolute atomic E-state index is 0.139. The number of carbonyl (C=O) groups excluding carboxylic acids is 2. The van der Waals surface area contributed by atoms with Crippen LogP contribution in [-0.2, 0) is 38.0 Å². The molecule has 0 amide bonds. The lowest BCUT2D eigenvalue weighted by atomic mass is 9.98. The minimum Gasteiger partial charge on any atom is -0.462 e. The number of unbranched alkanes of at least 4 members (excludes halogenated alkanes) is 26. The van der Waals surface area contributed by atoms with Gasteiger partial charge in [0.05, 0.1) is 19.8 Å². The van der Waals surface area contributed by atoms with Crippen molar-refractivity contribution in [3.05, 3.63) is 12.2 Å². The van der Waals surface area contributed by atoms with E-state index in [1.165, 1.54) is 141 Å². The summed E-state index contributed by atoms with van der Waals surface area (Å²) in [6, 6.07) is 0. The Morgan fingerprint density at radius 2 is 0.881 bits per heavy atom. The highest BCUT2D eigenvalue weighted by atomic mass is 16.7. The van der Waals surface area contributed by atoms with Crippen LogP contribution in [0.25, 0.3) is 0 Å². The zero-order valence-corrected chi connectivity index (χ0v) is 41.7.